The average molecular weight is 299 g/mol. The van der Waals surface area contributed by atoms with Gasteiger partial charge in [-0.05, 0) is 31.6 Å². The first-order valence-electron chi connectivity index (χ1n) is 7.93. The highest BCUT2D eigenvalue weighted by molar-refractivity contribution is 5.77. The summed E-state index contributed by atoms with van der Waals surface area (Å²) in [5.74, 6) is -0.396. The van der Waals surface area contributed by atoms with Crippen molar-refractivity contribution in [3.05, 3.63) is 0 Å². The molecule has 1 saturated heterocycles. The largest absolute Gasteiger partial charge is 0.481 e. The van der Waals surface area contributed by atoms with Crippen LogP contribution < -0.4 is 0 Å². The Balaban J connectivity index is 2.29. The van der Waals surface area contributed by atoms with Crippen LogP contribution in [-0.4, -0.2) is 47.7 Å². The molecular weight excluding hydrogens is 270 g/mol. The van der Waals surface area contributed by atoms with Gasteiger partial charge in [-0.25, -0.2) is 0 Å². The number of hydrogen-bond acceptors (Lipinski definition) is 3. The van der Waals surface area contributed by atoms with Gasteiger partial charge in [-0.3, -0.25) is 9.59 Å². The number of ether oxygens (including phenoxy) is 1. The molecule has 1 aliphatic rings. The molecule has 1 N–H and O–H groups in total. The summed E-state index contributed by atoms with van der Waals surface area (Å²) in [7, 11) is 0. The van der Waals surface area contributed by atoms with Crippen LogP contribution in [0.1, 0.15) is 47.0 Å². The average Bonchev–Trinajstić information content (AvgIpc) is 2.36. The molecule has 0 radical (unpaired) electrons. The van der Waals surface area contributed by atoms with E-state index >= 15 is 0 Å². The number of piperidine rings is 1. The molecule has 3 atom stereocenters. The second-order valence-electron chi connectivity index (χ2n) is 6.61. The topological polar surface area (TPSA) is 66.8 Å². The summed E-state index contributed by atoms with van der Waals surface area (Å²) in [6.45, 7) is 9.77. The summed E-state index contributed by atoms with van der Waals surface area (Å²) in [5, 5.41) is 9.08. The van der Waals surface area contributed by atoms with Gasteiger partial charge in [-0.15, -0.1) is 0 Å². The van der Waals surface area contributed by atoms with Crippen molar-refractivity contribution in [1.82, 2.24) is 4.90 Å². The van der Waals surface area contributed by atoms with Crippen LogP contribution in [0, 0.1) is 17.8 Å². The number of amides is 1. The molecule has 21 heavy (non-hydrogen) atoms. The lowest BCUT2D eigenvalue weighted by Crippen LogP contribution is -2.45. The minimum absolute atomic E-state index is 0.0148. The van der Waals surface area contributed by atoms with E-state index in [0.717, 1.165) is 6.42 Å². The van der Waals surface area contributed by atoms with Gasteiger partial charge < -0.3 is 14.7 Å². The van der Waals surface area contributed by atoms with Gasteiger partial charge in [0.05, 0.1) is 25.0 Å². The molecule has 0 aromatic carbocycles. The fourth-order valence-corrected chi connectivity index (χ4v) is 2.98. The first kappa shape index (κ1) is 18.0. The summed E-state index contributed by atoms with van der Waals surface area (Å²) < 4.78 is 5.66. The van der Waals surface area contributed by atoms with Crippen molar-refractivity contribution in [3.63, 3.8) is 0 Å². The van der Waals surface area contributed by atoms with Crippen molar-refractivity contribution >= 4 is 11.9 Å². The van der Waals surface area contributed by atoms with Gasteiger partial charge in [0, 0.05) is 13.1 Å². The molecule has 0 bridgehead atoms. The molecule has 5 nitrogen and oxygen atoms in total. The van der Waals surface area contributed by atoms with Gasteiger partial charge in [-0.1, -0.05) is 20.8 Å². The van der Waals surface area contributed by atoms with E-state index in [0.29, 0.717) is 38.5 Å². The molecule has 0 aliphatic carbocycles. The molecule has 1 aliphatic heterocycles. The highest BCUT2D eigenvalue weighted by Crippen LogP contribution is 2.23. The zero-order valence-corrected chi connectivity index (χ0v) is 13.7. The predicted molar refractivity (Wildman–Crippen MR) is 81.0 cm³/mol. The number of carboxylic acids is 1. The summed E-state index contributed by atoms with van der Waals surface area (Å²) in [6.07, 6.45) is 2.10. The van der Waals surface area contributed by atoms with E-state index in [2.05, 4.69) is 13.8 Å². The quantitative estimate of drug-likeness (QED) is 0.784. The fourth-order valence-electron chi connectivity index (χ4n) is 2.98. The summed E-state index contributed by atoms with van der Waals surface area (Å²) in [4.78, 5) is 25.0. The fraction of sp³-hybridized carbons (Fsp3) is 0.875. The molecule has 0 spiro atoms. The Morgan fingerprint density at radius 1 is 1.33 bits per heavy atom. The molecule has 1 amide bonds. The number of aliphatic carboxylic acids is 1. The molecule has 0 aromatic heterocycles. The Morgan fingerprint density at radius 3 is 2.52 bits per heavy atom. The van der Waals surface area contributed by atoms with Crippen LogP contribution in [0.4, 0.5) is 0 Å². The Morgan fingerprint density at radius 2 is 2.00 bits per heavy atom. The number of likely N-dealkylation sites (tertiary alicyclic amines) is 1. The number of rotatable bonds is 7. The monoisotopic (exact) mass is 299 g/mol. The molecule has 1 fully saturated rings. The Bertz CT molecular complexity index is 356. The molecular formula is C16H29NO4. The SMILES string of the molecule is CC(C)CC(C)OCCC(=O)N1CCC(C(=O)O)C(C)C1. The van der Waals surface area contributed by atoms with Crippen LogP contribution in [0.25, 0.3) is 0 Å². The maximum atomic E-state index is 12.1. The maximum Gasteiger partial charge on any atom is 0.306 e. The van der Waals surface area contributed by atoms with Gasteiger partial charge in [0.25, 0.3) is 0 Å². The minimum Gasteiger partial charge on any atom is -0.481 e. The summed E-state index contributed by atoms with van der Waals surface area (Å²) in [6, 6.07) is 0. The Hall–Kier alpha value is -1.10. The van der Waals surface area contributed by atoms with Crippen molar-refractivity contribution in [1.29, 1.82) is 0 Å². The van der Waals surface area contributed by atoms with Gasteiger partial charge in [0.2, 0.25) is 5.91 Å². The Labute approximate surface area is 127 Å². The zero-order chi connectivity index (χ0) is 16.0. The lowest BCUT2D eigenvalue weighted by atomic mass is 9.87. The third-order valence-corrected chi connectivity index (χ3v) is 4.10. The minimum atomic E-state index is -0.750. The summed E-state index contributed by atoms with van der Waals surface area (Å²) in [5.41, 5.74) is 0. The van der Waals surface area contributed by atoms with Crippen molar-refractivity contribution in [2.75, 3.05) is 19.7 Å². The number of carboxylic acid groups (broad SMARTS) is 1. The van der Waals surface area contributed by atoms with Gasteiger partial charge in [0.15, 0.2) is 0 Å². The third kappa shape index (κ3) is 6.04. The zero-order valence-electron chi connectivity index (χ0n) is 13.7. The van der Waals surface area contributed by atoms with E-state index in [1.807, 2.05) is 13.8 Å². The van der Waals surface area contributed by atoms with Gasteiger partial charge in [0.1, 0.15) is 0 Å². The van der Waals surface area contributed by atoms with E-state index in [9.17, 15) is 9.59 Å². The predicted octanol–water partition coefficient (Wildman–Crippen LogP) is 2.40. The molecule has 0 aromatic rings. The molecule has 122 valence electrons. The van der Waals surface area contributed by atoms with E-state index < -0.39 is 5.97 Å². The molecule has 5 heteroatoms. The molecule has 1 rings (SSSR count). The van der Waals surface area contributed by atoms with Gasteiger partial charge in [-0.2, -0.15) is 0 Å². The van der Waals surface area contributed by atoms with Crippen molar-refractivity contribution in [2.24, 2.45) is 17.8 Å². The first-order valence-corrected chi connectivity index (χ1v) is 7.93. The normalized spacial score (nSPS) is 24.1. The molecule has 1 heterocycles. The van der Waals surface area contributed by atoms with Crippen LogP contribution in [-0.2, 0) is 14.3 Å². The molecule has 0 saturated carbocycles. The second kappa shape index (κ2) is 8.37. The van der Waals surface area contributed by atoms with Crippen LogP contribution >= 0.6 is 0 Å². The van der Waals surface area contributed by atoms with Crippen LogP contribution in [0.15, 0.2) is 0 Å². The number of carbonyl (C=O) groups excluding carboxylic acids is 1. The maximum absolute atomic E-state index is 12.1. The smallest absolute Gasteiger partial charge is 0.306 e. The van der Waals surface area contributed by atoms with Crippen LogP contribution in [0.3, 0.4) is 0 Å². The van der Waals surface area contributed by atoms with Crippen molar-refractivity contribution in [3.8, 4) is 0 Å². The van der Waals surface area contributed by atoms with E-state index in [1.54, 1.807) is 4.90 Å². The summed E-state index contributed by atoms with van der Waals surface area (Å²) >= 11 is 0. The van der Waals surface area contributed by atoms with Crippen molar-refractivity contribution in [2.45, 2.75) is 53.1 Å². The van der Waals surface area contributed by atoms with Crippen LogP contribution in [0.2, 0.25) is 0 Å². The lowest BCUT2D eigenvalue weighted by molar-refractivity contribution is -0.148. The Kier molecular flexibility index (Phi) is 7.15. The van der Waals surface area contributed by atoms with Crippen molar-refractivity contribution < 1.29 is 19.4 Å². The number of hydrogen-bond donors (Lipinski definition) is 1. The first-order chi connectivity index (χ1) is 9.81. The van der Waals surface area contributed by atoms with Gasteiger partial charge >= 0.3 is 5.97 Å². The highest BCUT2D eigenvalue weighted by atomic mass is 16.5. The highest BCUT2D eigenvalue weighted by Gasteiger charge is 2.32. The number of carbonyl (C=O) groups is 2. The van der Waals surface area contributed by atoms with Crippen LogP contribution in [0.5, 0.6) is 0 Å². The molecule has 3 unspecified atom stereocenters. The number of nitrogens with zero attached hydrogens (tertiary/aromatic N) is 1. The van der Waals surface area contributed by atoms with E-state index in [-0.39, 0.29) is 23.8 Å². The van der Waals surface area contributed by atoms with E-state index in [4.69, 9.17) is 9.84 Å². The lowest BCUT2D eigenvalue weighted by Gasteiger charge is -2.35. The van der Waals surface area contributed by atoms with E-state index in [1.165, 1.54) is 0 Å². The third-order valence-electron chi connectivity index (χ3n) is 4.10. The standard InChI is InChI=1S/C16H29NO4/c1-11(2)9-13(4)21-8-6-15(18)17-7-5-14(16(19)20)12(3)10-17/h11-14H,5-10H2,1-4H3,(H,19,20). The second-order valence-corrected chi connectivity index (χ2v) is 6.61.